The van der Waals surface area contributed by atoms with Gasteiger partial charge in [-0.25, -0.2) is 4.79 Å². The van der Waals surface area contributed by atoms with E-state index >= 15 is 0 Å². The van der Waals surface area contributed by atoms with E-state index in [9.17, 15) is 9.59 Å². The summed E-state index contributed by atoms with van der Waals surface area (Å²) in [6.45, 7) is 5.62. The first-order valence-electron chi connectivity index (χ1n) is 4.89. The maximum absolute atomic E-state index is 11.0. The molecule has 80 valence electrons. The van der Waals surface area contributed by atoms with Gasteiger partial charge in [0.1, 0.15) is 5.78 Å². The van der Waals surface area contributed by atoms with Gasteiger partial charge < -0.3 is 9.53 Å². The zero-order chi connectivity index (χ0) is 11.0. The number of Topliss-reactive ketones (excluding diaryl/α,β-unsaturated/α-hetero) is 1. The molecule has 0 radical (unpaired) electrons. The number of hydrogen-bond donors (Lipinski definition) is 0. The van der Waals surface area contributed by atoms with Gasteiger partial charge in [-0.15, -0.1) is 0 Å². The maximum atomic E-state index is 11.0. The first-order valence-corrected chi connectivity index (χ1v) is 4.89. The summed E-state index contributed by atoms with van der Waals surface area (Å²) in [7, 11) is 0. The first kappa shape index (κ1) is 12.9. The van der Waals surface area contributed by atoms with Crippen molar-refractivity contribution in [3.8, 4) is 0 Å². The molecule has 0 aromatic carbocycles. The van der Waals surface area contributed by atoms with Crippen molar-refractivity contribution < 1.29 is 14.3 Å². The Hall–Kier alpha value is -1.12. The van der Waals surface area contributed by atoms with E-state index in [2.05, 4.69) is 0 Å². The summed E-state index contributed by atoms with van der Waals surface area (Å²) in [5.41, 5.74) is 0.963. The van der Waals surface area contributed by atoms with Crippen LogP contribution in [0.5, 0.6) is 0 Å². The molecule has 0 aromatic rings. The van der Waals surface area contributed by atoms with Crippen molar-refractivity contribution in [1.82, 2.24) is 0 Å². The van der Waals surface area contributed by atoms with Gasteiger partial charge in [-0.2, -0.15) is 0 Å². The van der Waals surface area contributed by atoms with Crippen LogP contribution in [0.3, 0.4) is 0 Å². The van der Waals surface area contributed by atoms with E-state index in [0.717, 1.165) is 18.4 Å². The van der Waals surface area contributed by atoms with Crippen molar-refractivity contribution in [2.45, 2.75) is 40.0 Å². The summed E-state index contributed by atoms with van der Waals surface area (Å²) >= 11 is 0. The van der Waals surface area contributed by atoms with Gasteiger partial charge in [0.25, 0.3) is 0 Å². The van der Waals surface area contributed by atoms with Gasteiger partial charge in [-0.1, -0.05) is 5.57 Å². The summed E-state index contributed by atoms with van der Waals surface area (Å²) in [6, 6.07) is 0. The predicted molar refractivity (Wildman–Crippen MR) is 54.9 cm³/mol. The van der Waals surface area contributed by atoms with E-state index in [0.29, 0.717) is 13.0 Å². The van der Waals surface area contributed by atoms with E-state index in [-0.39, 0.29) is 11.8 Å². The van der Waals surface area contributed by atoms with Gasteiger partial charge >= 0.3 is 5.97 Å². The molecule has 0 rings (SSSR count). The molecule has 0 fully saturated rings. The molecule has 0 aromatic heterocycles. The predicted octanol–water partition coefficient (Wildman–Crippen LogP) is 2.26. The molecule has 0 spiro atoms. The zero-order valence-electron chi connectivity index (χ0n) is 9.13. The Morgan fingerprint density at radius 3 is 2.36 bits per heavy atom. The van der Waals surface area contributed by atoms with Gasteiger partial charge in [0.15, 0.2) is 0 Å². The second-order valence-corrected chi connectivity index (χ2v) is 3.30. The van der Waals surface area contributed by atoms with Crippen LogP contribution in [0.1, 0.15) is 40.0 Å². The number of carbonyl (C=O) groups is 2. The van der Waals surface area contributed by atoms with Gasteiger partial charge in [0, 0.05) is 12.5 Å². The average Bonchev–Trinajstić information content (AvgIpc) is 2.03. The molecule has 14 heavy (non-hydrogen) atoms. The zero-order valence-corrected chi connectivity index (χ0v) is 9.13. The second kappa shape index (κ2) is 7.30. The highest BCUT2D eigenvalue weighted by Gasteiger charge is 1.99. The Kier molecular flexibility index (Phi) is 6.72. The number of allylic oxidation sites excluding steroid dienone is 1. The van der Waals surface area contributed by atoms with Crippen molar-refractivity contribution >= 4 is 11.8 Å². The van der Waals surface area contributed by atoms with Crippen molar-refractivity contribution in [3.63, 3.8) is 0 Å². The van der Waals surface area contributed by atoms with Crippen LogP contribution in [-0.4, -0.2) is 18.4 Å². The van der Waals surface area contributed by atoms with Crippen molar-refractivity contribution in [2.75, 3.05) is 6.61 Å². The quantitative estimate of drug-likeness (QED) is 0.485. The van der Waals surface area contributed by atoms with Crippen LogP contribution in [0, 0.1) is 0 Å². The van der Waals surface area contributed by atoms with E-state index in [1.807, 2.05) is 6.92 Å². The Morgan fingerprint density at radius 2 is 1.86 bits per heavy atom. The third kappa shape index (κ3) is 7.53. The van der Waals surface area contributed by atoms with Crippen LogP contribution in [0.15, 0.2) is 11.6 Å². The molecule has 0 bridgehead atoms. The molecule has 3 nitrogen and oxygen atoms in total. The minimum atomic E-state index is -0.298. The fraction of sp³-hybridized carbons (Fsp3) is 0.636. The lowest BCUT2D eigenvalue weighted by Crippen LogP contribution is -2.00. The maximum Gasteiger partial charge on any atom is 0.330 e. The highest BCUT2D eigenvalue weighted by molar-refractivity contribution is 5.82. The monoisotopic (exact) mass is 198 g/mol. The molecule has 0 saturated heterocycles. The minimum Gasteiger partial charge on any atom is -0.463 e. The summed E-state index contributed by atoms with van der Waals surface area (Å²) in [6.07, 6.45) is 3.65. The molecule has 0 aliphatic carbocycles. The van der Waals surface area contributed by atoms with Crippen molar-refractivity contribution in [3.05, 3.63) is 11.6 Å². The molecule has 0 unspecified atom stereocenters. The van der Waals surface area contributed by atoms with Crippen LogP contribution in [0.4, 0.5) is 0 Å². The van der Waals surface area contributed by atoms with Crippen LogP contribution in [-0.2, 0) is 14.3 Å². The number of esters is 1. The molecule has 0 N–H and O–H groups in total. The summed E-state index contributed by atoms with van der Waals surface area (Å²) in [5, 5.41) is 0. The molecule has 0 atom stereocenters. The van der Waals surface area contributed by atoms with E-state index in [1.54, 1.807) is 13.8 Å². The molecule has 0 amide bonds. The lowest BCUT2D eigenvalue weighted by molar-refractivity contribution is -0.137. The number of hydrogen-bond acceptors (Lipinski definition) is 3. The fourth-order valence-electron chi connectivity index (χ4n) is 1.07. The molecule has 0 aliphatic rings. The van der Waals surface area contributed by atoms with Crippen LogP contribution < -0.4 is 0 Å². The Bertz CT molecular complexity index is 229. The van der Waals surface area contributed by atoms with E-state index < -0.39 is 0 Å². The third-order valence-corrected chi connectivity index (χ3v) is 1.75. The standard InChI is InChI=1S/C11H18O3/c1-4-14-11(13)8-9(2)6-5-7-10(3)12/h8H,4-7H2,1-3H3. The van der Waals surface area contributed by atoms with Crippen LogP contribution >= 0.6 is 0 Å². The smallest absolute Gasteiger partial charge is 0.330 e. The Morgan fingerprint density at radius 1 is 1.21 bits per heavy atom. The number of ketones is 1. The van der Waals surface area contributed by atoms with Crippen LogP contribution in [0.25, 0.3) is 0 Å². The molecular weight excluding hydrogens is 180 g/mol. The molecule has 0 heterocycles. The van der Waals surface area contributed by atoms with Crippen LogP contribution in [0.2, 0.25) is 0 Å². The average molecular weight is 198 g/mol. The summed E-state index contributed by atoms with van der Waals surface area (Å²) < 4.78 is 4.76. The number of rotatable bonds is 6. The number of carbonyl (C=O) groups excluding carboxylic acids is 2. The largest absolute Gasteiger partial charge is 0.463 e. The van der Waals surface area contributed by atoms with Gasteiger partial charge in [-0.05, 0) is 33.6 Å². The third-order valence-electron chi connectivity index (χ3n) is 1.75. The van der Waals surface area contributed by atoms with Gasteiger partial charge in [-0.3, -0.25) is 0 Å². The molecule has 3 heteroatoms. The fourth-order valence-corrected chi connectivity index (χ4v) is 1.07. The normalized spacial score (nSPS) is 11.2. The van der Waals surface area contributed by atoms with E-state index in [4.69, 9.17) is 4.74 Å². The summed E-state index contributed by atoms with van der Waals surface area (Å²) in [5.74, 6) is -0.109. The Balaban J connectivity index is 3.76. The SMILES string of the molecule is CCOC(=O)C=C(C)CCCC(C)=O. The van der Waals surface area contributed by atoms with Crippen molar-refractivity contribution in [1.29, 1.82) is 0 Å². The van der Waals surface area contributed by atoms with Gasteiger partial charge in [0.2, 0.25) is 0 Å². The minimum absolute atomic E-state index is 0.189. The summed E-state index contributed by atoms with van der Waals surface area (Å²) in [4.78, 5) is 21.6. The van der Waals surface area contributed by atoms with Gasteiger partial charge in [0.05, 0.1) is 6.61 Å². The molecule has 0 saturated carbocycles. The highest BCUT2D eigenvalue weighted by Crippen LogP contribution is 2.06. The number of ether oxygens (including phenoxy) is 1. The van der Waals surface area contributed by atoms with Crippen molar-refractivity contribution in [2.24, 2.45) is 0 Å². The highest BCUT2D eigenvalue weighted by atomic mass is 16.5. The lowest BCUT2D eigenvalue weighted by Gasteiger charge is -2.00. The molecule has 0 aliphatic heterocycles. The lowest BCUT2D eigenvalue weighted by atomic mass is 10.1. The Labute approximate surface area is 85.1 Å². The second-order valence-electron chi connectivity index (χ2n) is 3.30. The van der Waals surface area contributed by atoms with E-state index in [1.165, 1.54) is 6.08 Å². The topological polar surface area (TPSA) is 43.4 Å². The molecular formula is C11H18O3. The first-order chi connectivity index (χ1) is 6.56.